The highest BCUT2D eigenvalue weighted by Gasteiger charge is 2.31. The molecule has 3 heterocycles. The zero-order valence-corrected chi connectivity index (χ0v) is 12.5. The first-order valence-corrected chi connectivity index (χ1v) is 7.31. The second-order valence-corrected chi connectivity index (χ2v) is 5.94. The Morgan fingerprint density at radius 2 is 2.19 bits per heavy atom. The average molecular weight is 289 g/mol. The van der Waals surface area contributed by atoms with Crippen molar-refractivity contribution < 1.29 is 14.0 Å². The van der Waals surface area contributed by atoms with E-state index < -0.39 is 0 Å². The van der Waals surface area contributed by atoms with Crippen LogP contribution in [0.25, 0.3) is 6.08 Å². The van der Waals surface area contributed by atoms with Gasteiger partial charge in [-0.1, -0.05) is 0 Å². The lowest BCUT2D eigenvalue weighted by Gasteiger charge is -2.31. The Labute approximate surface area is 124 Å². The molecule has 1 aromatic heterocycles. The lowest BCUT2D eigenvalue weighted by Crippen LogP contribution is -2.42. The first kappa shape index (κ1) is 14.2. The molecule has 0 spiro atoms. The van der Waals surface area contributed by atoms with Crippen molar-refractivity contribution in [2.75, 3.05) is 25.6 Å². The van der Waals surface area contributed by atoms with E-state index >= 15 is 0 Å². The summed E-state index contributed by atoms with van der Waals surface area (Å²) in [6, 6.07) is 0.365. The molecule has 1 N–H and O–H groups in total. The molecule has 21 heavy (non-hydrogen) atoms. The van der Waals surface area contributed by atoms with Crippen LogP contribution in [0.4, 0.5) is 5.95 Å². The fourth-order valence-electron chi connectivity index (χ4n) is 2.70. The predicted octanol–water partition coefficient (Wildman–Crippen LogP) is 1.54. The highest BCUT2D eigenvalue weighted by molar-refractivity contribution is 5.58. The van der Waals surface area contributed by atoms with Crippen molar-refractivity contribution in [2.45, 2.75) is 32.4 Å². The summed E-state index contributed by atoms with van der Waals surface area (Å²) in [4.78, 5) is 20.4. The molecule has 1 unspecified atom stereocenters. The number of aromatic nitrogens is 2. The third-order valence-corrected chi connectivity index (χ3v) is 4.34. The largest absolute Gasteiger partial charge is 0.381 e. The zero-order valence-electron chi connectivity index (χ0n) is 12.5. The molecule has 2 aliphatic heterocycles. The number of amides is 1. The predicted molar refractivity (Wildman–Crippen MR) is 79.1 cm³/mol. The van der Waals surface area contributed by atoms with Crippen LogP contribution in [0.15, 0.2) is 11.9 Å². The third-order valence-electron chi connectivity index (χ3n) is 4.34. The van der Waals surface area contributed by atoms with E-state index in [0.29, 0.717) is 18.5 Å². The third kappa shape index (κ3) is 2.82. The zero-order chi connectivity index (χ0) is 14.9. The van der Waals surface area contributed by atoms with Gasteiger partial charge in [-0.2, -0.15) is 0 Å². The number of allylic oxidation sites excluding steroid dienone is 1. The van der Waals surface area contributed by atoms with Crippen molar-refractivity contribution in [1.29, 1.82) is 0 Å². The molecule has 0 saturated carbocycles. The quantitative estimate of drug-likeness (QED) is 0.675. The number of quaternary nitrogens is 1. The molecule has 6 nitrogen and oxygen atoms in total. The maximum Gasteiger partial charge on any atom is 0.306 e. The van der Waals surface area contributed by atoms with E-state index in [1.807, 2.05) is 26.2 Å². The minimum atomic E-state index is 0.251. The highest BCUT2D eigenvalue weighted by atomic mass is 16.5. The molecule has 2 aliphatic rings. The van der Waals surface area contributed by atoms with Crippen LogP contribution >= 0.6 is 0 Å². The number of fused-ring (bicyclic) bond motifs is 1. The smallest absolute Gasteiger partial charge is 0.306 e. The standard InChI is InChI=1S/C15H21N4O2/c1-11-7-12-8-16-15(17-13-3-5-21-6-4-13)18-14(12)9-19(11,2)10-20/h7-8,10,13H,3-6,9H2,1-2H3,(H,16,17,18)/q+1. The first-order chi connectivity index (χ1) is 10.1. The molecule has 6 heteroatoms. The maximum atomic E-state index is 11.4. The van der Waals surface area contributed by atoms with Gasteiger partial charge in [0, 0.05) is 44.0 Å². The van der Waals surface area contributed by atoms with Crippen LogP contribution in [0.3, 0.4) is 0 Å². The Morgan fingerprint density at radius 1 is 1.43 bits per heavy atom. The van der Waals surface area contributed by atoms with E-state index in [-0.39, 0.29) is 4.48 Å². The lowest BCUT2D eigenvalue weighted by molar-refractivity contribution is -0.800. The van der Waals surface area contributed by atoms with E-state index in [9.17, 15) is 4.79 Å². The summed E-state index contributed by atoms with van der Waals surface area (Å²) in [7, 11) is 1.90. The maximum absolute atomic E-state index is 11.4. The summed E-state index contributed by atoms with van der Waals surface area (Å²) in [5, 5.41) is 3.37. The van der Waals surface area contributed by atoms with Gasteiger partial charge in [0.05, 0.1) is 7.05 Å². The molecule has 1 aromatic rings. The molecule has 112 valence electrons. The summed E-state index contributed by atoms with van der Waals surface area (Å²) in [6.07, 6.45) is 6.73. The molecule has 0 aliphatic carbocycles. The Kier molecular flexibility index (Phi) is 3.73. The average Bonchev–Trinajstić information content (AvgIpc) is 2.50. The molecule has 1 amide bonds. The van der Waals surface area contributed by atoms with Crippen molar-refractivity contribution >= 4 is 18.4 Å². The van der Waals surface area contributed by atoms with Gasteiger partial charge in [-0.3, -0.25) is 0 Å². The van der Waals surface area contributed by atoms with Crippen LogP contribution in [-0.4, -0.2) is 47.2 Å². The fourth-order valence-corrected chi connectivity index (χ4v) is 2.70. The van der Waals surface area contributed by atoms with Crippen LogP contribution in [0.5, 0.6) is 0 Å². The molecule has 1 saturated heterocycles. The summed E-state index contributed by atoms with van der Waals surface area (Å²) in [6.45, 7) is 4.10. The van der Waals surface area contributed by atoms with Crippen LogP contribution in [0.2, 0.25) is 0 Å². The summed E-state index contributed by atoms with van der Waals surface area (Å²) in [5.74, 6) is 0.644. The molecule has 0 radical (unpaired) electrons. The van der Waals surface area contributed by atoms with Crippen LogP contribution < -0.4 is 5.32 Å². The van der Waals surface area contributed by atoms with E-state index in [1.165, 1.54) is 0 Å². The van der Waals surface area contributed by atoms with Gasteiger partial charge in [0.15, 0.2) is 0 Å². The molecular formula is C15H21N4O2+. The number of hydrogen-bond donors (Lipinski definition) is 1. The van der Waals surface area contributed by atoms with Crippen LogP contribution in [-0.2, 0) is 16.1 Å². The first-order valence-electron chi connectivity index (χ1n) is 7.31. The molecular weight excluding hydrogens is 268 g/mol. The number of anilines is 1. The van der Waals surface area contributed by atoms with Crippen molar-refractivity contribution in [1.82, 2.24) is 9.97 Å². The topological polar surface area (TPSA) is 64.1 Å². The SMILES string of the molecule is CC1=Cc2cnc(NC3CCOCC3)nc2C[N+]1(C)C=O. The molecule has 1 atom stereocenters. The second-order valence-electron chi connectivity index (χ2n) is 5.94. The molecule has 1 fully saturated rings. The monoisotopic (exact) mass is 289 g/mol. The number of nitrogens with zero attached hydrogens (tertiary/aromatic N) is 3. The number of rotatable bonds is 3. The van der Waals surface area contributed by atoms with Crippen molar-refractivity contribution in [3.8, 4) is 0 Å². The summed E-state index contributed by atoms with van der Waals surface area (Å²) >= 11 is 0. The Balaban J connectivity index is 1.82. The van der Waals surface area contributed by atoms with Gasteiger partial charge >= 0.3 is 6.41 Å². The number of carbonyl (C=O) groups is 1. The van der Waals surface area contributed by atoms with Gasteiger partial charge < -0.3 is 10.1 Å². The van der Waals surface area contributed by atoms with Crippen molar-refractivity contribution in [3.05, 3.63) is 23.2 Å². The van der Waals surface area contributed by atoms with E-state index in [1.54, 1.807) is 0 Å². The summed E-state index contributed by atoms with van der Waals surface area (Å²) < 4.78 is 5.60. The van der Waals surface area contributed by atoms with Gasteiger partial charge in [0.2, 0.25) is 5.95 Å². The molecule has 0 bridgehead atoms. The number of ether oxygens (including phenoxy) is 1. The van der Waals surface area contributed by atoms with Crippen LogP contribution in [0.1, 0.15) is 31.0 Å². The second kappa shape index (κ2) is 5.54. The van der Waals surface area contributed by atoms with Crippen molar-refractivity contribution in [3.63, 3.8) is 0 Å². The number of hydrogen-bond acceptors (Lipinski definition) is 5. The highest BCUT2D eigenvalue weighted by Crippen LogP contribution is 2.27. The Hall–Kier alpha value is -1.79. The minimum Gasteiger partial charge on any atom is -0.381 e. The Bertz CT molecular complexity index is 581. The van der Waals surface area contributed by atoms with Gasteiger partial charge in [-0.15, -0.1) is 0 Å². The van der Waals surface area contributed by atoms with E-state index in [2.05, 4.69) is 15.3 Å². The van der Waals surface area contributed by atoms with Gasteiger partial charge in [0.25, 0.3) is 0 Å². The fraction of sp³-hybridized carbons (Fsp3) is 0.533. The van der Waals surface area contributed by atoms with Gasteiger partial charge in [-0.25, -0.2) is 19.2 Å². The van der Waals surface area contributed by atoms with Crippen LogP contribution in [0, 0.1) is 0 Å². The van der Waals surface area contributed by atoms with E-state index in [4.69, 9.17) is 4.74 Å². The number of nitrogens with one attached hydrogen (secondary N) is 1. The van der Waals surface area contributed by atoms with Gasteiger partial charge in [-0.05, 0) is 12.8 Å². The molecule has 0 aromatic carbocycles. The number of carbonyl (C=O) groups excluding carboxylic acids is 1. The summed E-state index contributed by atoms with van der Waals surface area (Å²) in [5.41, 5.74) is 2.92. The normalized spacial score (nSPS) is 25.9. The van der Waals surface area contributed by atoms with Gasteiger partial charge in [0.1, 0.15) is 17.9 Å². The lowest BCUT2D eigenvalue weighted by atomic mass is 10.1. The Morgan fingerprint density at radius 3 is 2.90 bits per heavy atom. The van der Waals surface area contributed by atoms with E-state index in [0.717, 1.165) is 49.4 Å². The molecule has 3 rings (SSSR count). The minimum absolute atomic E-state index is 0.251. The van der Waals surface area contributed by atoms with Crippen molar-refractivity contribution in [2.24, 2.45) is 0 Å².